The molecule has 0 amide bonds. The smallest absolute Gasteiger partial charge is 0.194 e. The van der Waals surface area contributed by atoms with Crippen molar-refractivity contribution in [3.63, 3.8) is 0 Å². The minimum atomic E-state index is -1.59. The molecule has 0 aliphatic carbocycles. The fourth-order valence-electron chi connectivity index (χ4n) is 2.75. The van der Waals surface area contributed by atoms with Crippen molar-refractivity contribution >= 4 is 0 Å². The first kappa shape index (κ1) is 18.1. The Kier molecular flexibility index (Phi) is 5.09. The van der Waals surface area contributed by atoms with Crippen molar-refractivity contribution in [2.24, 2.45) is 5.11 Å². The molecule has 0 bridgehead atoms. The van der Waals surface area contributed by atoms with Gasteiger partial charge in [0.05, 0.1) is 18.8 Å². The average Bonchev–Trinajstić information content (AvgIpc) is 3.10. The van der Waals surface area contributed by atoms with Crippen LogP contribution >= 0.6 is 0 Å². The van der Waals surface area contributed by atoms with Crippen molar-refractivity contribution in [1.29, 1.82) is 0 Å². The van der Waals surface area contributed by atoms with Crippen molar-refractivity contribution in [2.75, 3.05) is 6.61 Å². The third-order valence-electron chi connectivity index (χ3n) is 4.04. The van der Waals surface area contributed by atoms with Crippen molar-refractivity contribution in [1.82, 2.24) is 15.0 Å². The molecular weight excluding hydrogens is 357 g/mol. The molecule has 1 aromatic heterocycles. The molecule has 0 saturated carbocycles. The second-order valence-corrected chi connectivity index (χ2v) is 5.65. The molecule has 1 aromatic carbocycles. The Labute approximate surface area is 144 Å². The molecule has 2 heterocycles. The van der Waals surface area contributed by atoms with E-state index in [4.69, 9.17) is 10.3 Å². The minimum Gasteiger partial charge on any atom is -0.394 e. The summed E-state index contributed by atoms with van der Waals surface area (Å²) in [7, 11) is 0. The van der Waals surface area contributed by atoms with Crippen LogP contribution in [0, 0.1) is 17.5 Å². The van der Waals surface area contributed by atoms with Gasteiger partial charge in [0.25, 0.3) is 0 Å². The average molecular weight is 370 g/mol. The van der Waals surface area contributed by atoms with E-state index in [2.05, 4.69) is 20.3 Å². The summed E-state index contributed by atoms with van der Waals surface area (Å²) in [6.45, 7) is -0.523. The zero-order chi connectivity index (χ0) is 18.8. The van der Waals surface area contributed by atoms with E-state index in [-0.39, 0.29) is 17.7 Å². The number of nitrogens with zero attached hydrogens (tertiary/aromatic N) is 6. The SMILES string of the molecule is [N-]=[N+]=NC1C[C@@H](n2cc(-c3cc(F)c(F)c(F)c3)nn2)[C@H](O)[C@@H](CO)O1. The first-order valence-corrected chi connectivity index (χ1v) is 7.50. The van der Waals surface area contributed by atoms with Crippen LogP contribution in [0.25, 0.3) is 21.7 Å². The van der Waals surface area contributed by atoms with Gasteiger partial charge >= 0.3 is 0 Å². The Balaban J connectivity index is 1.91. The molecule has 0 radical (unpaired) electrons. The molecule has 12 heteroatoms. The van der Waals surface area contributed by atoms with Gasteiger partial charge in [-0.1, -0.05) is 10.3 Å². The Hall–Kier alpha value is -2.66. The summed E-state index contributed by atoms with van der Waals surface area (Å²) in [5, 5.41) is 30.6. The lowest BCUT2D eigenvalue weighted by Gasteiger charge is -2.36. The standard InChI is InChI=1S/C14H13F3N6O3/c15-7-1-6(2-8(16)13(7)17)9-4-23(22-19-9)10-3-12(20-21-18)26-11(5-24)14(10)25/h1-2,4,10-12,14,24-25H,3,5H2/t10-,11-,12?,14+/m1/s1. The zero-order valence-corrected chi connectivity index (χ0v) is 13.1. The molecule has 2 aromatic rings. The fraction of sp³-hybridized carbons (Fsp3) is 0.429. The highest BCUT2D eigenvalue weighted by atomic mass is 19.2. The van der Waals surface area contributed by atoms with E-state index in [1.807, 2.05) is 0 Å². The van der Waals surface area contributed by atoms with Crippen molar-refractivity contribution in [3.8, 4) is 11.3 Å². The monoisotopic (exact) mass is 370 g/mol. The molecule has 3 rings (SSSR count). The number of aromatic nitrogens is 3. The van der Waals surface area contributed by atoms with Gasteiger partial charge in [0.2, 0.25) is 0 Å². The summed E-state index contributed by atoms with van der Waals surface area (Å²) in [6, 6.07) is 0.770. The fourth-order valence-corrected chi connectivity index (χ4v) is 2.75. The summed E-state index contributed by atoms with van der Waals surface area (Å²) in [5.74, 6) is -4.34. The van der Waals surface area contributed by atoms with Crippen LogP contribution in [-0.4, -0.2) is 50.2 Å². The van der Waals surface area contributed by atoms with Gasteiger partial charge in [-0.05, 0) is 17.7 Å². The van der Waals surface area contributed by atoms with Gasteiger partial charge in [-0.2, -0.15) is 0 Å². The number of halogens is 3. The number of aliphatic hydroxyl groups is 2. The molecule has 2 N–H and O–H groups in total. The van der Waals surface area contributed by atoms with Crippen LogP contribution < -0.4 is 0 Å². The lowest BCUT2D eigenvalue weighted by molar-refractivity contribution is -0.154. The van der Waals surface area contributed by atoms with E-state index in [1.54, 1.807) is 0 Å². The second-order valence-electron chi connectivity index (χ2n) is 5.65. The van der Waals surface area contributed by atoms with Crippen LogP contribution in [0.1, 0.15) is 12.5 Å². The van der Waals surface area contributed by atoms with E-state index in [0.29, 0.717) is 0 Å². The molecule has 26 heavy (non-hydrogen) atoms. The molecule has 1 aliphatic heterocycles. The zero-order valence-electron chi connectivity index (χ0n) is 13.1. The summed E-state index contributed by atoms with van der Waals surface area (Å²) in [5.41, 5.74) is 8.55. The summed E-state index contributed by atoms with van der Waals surface area (Å²) in [4.78, 5) is 2.63. The van der Waals surface area contributed by atoms with Crippen LogP contribution in [0.3, 0.4) is 0 Å². The molecule has 138 valence electrons. The van der Waals surface area contributed by atoms with Gasteiger partial charge in [0, 0.05) is 16.9 Å². The molecule has 1 saturated heterocycles. The van der Waals surface area contributed by atoms with Gasteiger partial charge in [-0.25, -0.2) is 17.9 Å². The molecule has 4 atom stereocenters. The minimum absolute atomic E-state index is 0.0384. The molecule has 1 unspecified atom stereocenters. The van der Waals surface area contributed by atoms with E-state index in [9.17, 15) is 23.4 Å². The predicted octanol–water partition coefficient (Wildman–Crippen LogP) is 1.68. The van der Waals surface area contributed by atoms with E-state index < -0.39 is 48.5 Å². The number of rotatable bonds is 4. The van der Waals surface area contributed by atoms with Gasteiger partial charge in [-0.15, -0.1) is 5.10 Å². The van der Waals surface area contributed by atoms with Crippen molar-refractivity contribution < 1.29 is 28.1 Å². The lowest BCUT2D eigenvalue weighted by Crippen LogP contribution is -2.47. The lowest BCUT2D eigenvalue weighted by atomic mass is 9.98. The van der Waals surface area contributed by atoms with E-state index >= 15 is 0 Å². The van der Waals surface area contributed by atoms with Crippen LogP contribution in [0.2, 0.25) is 0 Å². The number of benzene rings is 1. The summed E-state index contributed by atoms with van der Waals surface area (Å²) >= 11 is 0. The van der Waals surface area contributed by atoms with Gasteiger partial charge < -0.3 is 14.9 Å². The normalized spacial score (nSPS) is 25.7. The highest BCUT2D eigenvalue weighted by molar-refractivity contribution is 5.57. The number of ether oxygens (including phenoxy) is 1. The maximum atomic E-state index is 13.4. The van der Waals surface area contributed by atoms with Crippen LogP contribution in [0.15, 0.2) is 23.4 Å². The third-order valence-corrected chi connectivity index (χ3v) is 4.04. The topological polar surface area (TPSA) is 129 Å². The Morgan fingerprint density at radius 3 is 2.65 bits per heavy atom. The number of azide groups is 1. The summed E-state index contributed by atoms with van der Waals surface area (Å²) in [6.07, 6.45) is -1.82. The van der Waals surface area contributed by atoms with Crippen LogP contribution in [-0.2, 0) is 4.74 Å². The highest BCUT2D eigenvalue weighted by Crippen LogP contribution is 2.31. The Morgan fingerprint density at radius 1 is 1.35 bits per heavy atom. The number of hydrogen-bond donors (Lipinski definition) is 2. The maximum absolute atomic E-state index is 13.4. The van der Waals surface area contributed by atoms with Crippen LogP contribution in [0.5, 0.6) is 0 Å². The first-order chi connectivity index (χ1) is 12.4. The predicted molar refractivity (Wildman–Crippen MR) is 79.9 cm³/mol. The second kappa shape index (κ2) is 7.30. The van der Waals surface area contributed by atoms with Gasteiger partial charge in [0.1, 0.15) is 24.1 Å². The van der Waals surface area contributed by atoms with Crippen LogP contribution in [0.4, 0.5) is 13.2 Å². The highest BCUT2D eigenvalue weighted by Gasteiger charge is 2.38. The van der Waals surface area contributed by atoms with Gasteiger partial charge in [0.15, 0.2) is 17.5 Å². The van der Waals surface area contributed by atoms with Crippen molar-refractivity contribution in [2.45, 2.75) is 30.9 Å². The molecule has 1 aliphatic rings. The largest absolute Gasteiger partial charge is 0.394 e. The first-order valence-electron chi connectivity index (χ1n) is 7.50. The number of hydrogen-bond acceptors (Lipinski definition) is 6. The van der Waals surface area contributed by atoms with Crippen molar-refractivity contribution in [3.05, 3.63) is 46.2 Å². The molecule has 9 nitrogen and oxygen atoms in total. The third kappa shape index (κ3) is 3.35. The molecular formula is C14H13F3N6O3. The molecule has 0 spiro atoms. The summed E-state index contributed by atoms with van der Waals surface area (Å²) < 4.78 is 46.3. The van der Waals surface area contributed by atoms with E-state index in [0.717, 1.165) is 12.1 Å². The maximum Gasteiger partial charge on any atom is 0.194 e. The Morgan fingerprint density at radius 2 is 2.04 bits per heavy atom. The quantitative estimate of drug-likeness (QED) is 0.366. The molecule has 1 fully saturated rings. The number of aliphatic hydroxyl groups excluding tert-OH is 2. The van der Waals surface area contributed by atoms with Gasteiger partial charge in [-0.3, -0.25) is 0 Å². The Bertz CT molecular complexity index is 833. The van der Waals surface area contributed by atoms with E-state index in [1.165, 1.54) is 10.9 Å².